The van der Waals surface area contributed by atoms with E-state index in [1.165, 1.54) is 0 Å². The highest BCUT2D eigenvalue weighted by molar-refractivity contribution is 9.10. The number of hydrogen-bond acceptors (Lipinski definition) is 3. The molecule has 2 rings (SSSR count). The molecule has 0 bridgehead atoms. The zero-order valence-electron chi connectivity index (χ0n) is 10.5. The molecular formula is C14H14BrNO2. The van der Waals surface area contributed by atoms with Gasteiger partial charge in [0.1, 0.15) is 11.5 Å². The Morgan fingerprint density at radius 2 is 1.83 bits per heavy atom. The first-order valence-corrected chi connectivity index (χ1v) is 6.37. The summed E-state index contributed by atoms with van der Waals surface area (Å²) in [5, 5.41) is 0. The number of ketones is 1. The lowest BCUT2D eigenvalue weighted by Crippen LogP contribution is -2.06. The van der Waals surface area contributed by atoms with Gasteiger partial charge in [0.05, 0.1) is 5.56 Å². The highest BCUT2D eigenvalue weighted by atomic mass is 79.9. The normalized spacial score (nSPS) is 10.7. The first-order valence-electron chi connectivity index (χ1n) is 5.57. The lowest BCUT2D eigenvalue weighted by atomic mass is 9.98. The van der Waals surface area contributed by atoms with E-state index in [4.69, 9.17) is 10.2 Å². The van der Waals surface area contributed by atoms with E-state index < -0.39 is 0 Å². The van der Waals surface area contributed by atoms with Crippen LogP contribution in [0.3, 0.4) is 0 Å². The molecule has 0 amide bonds. The number of rotatable bonds is 2. The molecule has 94 valence electrons. The average Bonchev–Trinajstić information content (AvgIpc) is 2.62. The van der Waals surface area contributed by atoms with Gasteiger partial charge in [0.2, 0.25) is 0 Å². The van der Waals surface area contributed by atoms with Crippen molar-refractivity contribution in [1.29, 1.82) is 0 Å². The van der Waals surface area contributed by atoms with E-state index in [1.807, 2.05) is 13.8 Å². The molecule has 0 radical (unpaired) electrons. The summed E-state index contributed by atoms with van der Waals surface area (Å²) in [5.41, 5.74) is 8.46. The van der Waals surface area contributed by atoms with Crippen molar-refractivity contribution in [2.24, 2.45) is 0 Å². The van der Waals surface area contributed by atoms with Crippen LogP contribution in [0.25, 0.3) is 0 Å². The maximum atomic E-state index is 12.5. The fourth-order valence-corrected chi connectivity index (χ4v) is 2.41. The molecule has 0 saturated carbocycles. The van der Waals surface area contributed by atoms with Crippen LogP contribution in [0.5, 0.6) is 0 Å². The van der Waals surface area contributed by atoms with Gasteiger partial charge in [-0.2, -0.15) is 0 Å². The minimum Gasteiger partial charge on any atom is -0.466 e. The van der Waals surface area contributed by atoms with Crippen LogP contribution in [0.2, 0.25) is 0 Å². The number of carbonyl (C=O) groups is 1. The molecule has 1 heterocycles. The van der Waals surface area contributed by atoms with Gasteiger partial charge in [-0.1, -0.05) is 15.9 Å². The molecule has 0 spiro atoms. The van der Waals surface area contributed by atoms with E-state index >= 15 is 0 Å². The van der Waals surface area contributed by atoms with Crippen molar-refractivity contribution in [3.63, 3.8) is 0 Å². The van der Waals surface area contributed by atoms with Crippen LogP contribution in [0.15, 0.2) is 27.1 Å². The molecule has 1 aromatic carbocycles. The SMILES string of the molecule is Cc1cc(C(=O)c2cc(Br)cc(N)c2C)c(C)o1. The van der Waals surface area contributed by atoms with Crippen LogP contribution >= 0.6 is 15.9 Å². The van der Waals surface area contributed by atoms with Crippen LogP contribution in [0.4, 0.5) is 5.69 Å². The van der Waals surface area contributed by atoms with Crippen molar-refractivity contribution in [3.05, 3.63) is 50.9 Å². The molecule has 0 saturated heterocycles. The monoisotopic (exact) mass is 307 g/mol. The minimum absolute atomic E-state index is 0.0603. The number of furan rings is 1. The number of anilines is 1. The van der Waals surface area contributed by atoms with Crippen molar-refractivity contribution in [2.45, 2.75) is 20.8 Å². The summed E-state index contributed by atoms with van der Waals surface area (Å²) < 4.78 is 6.19. The van der Waals surface area contributed by atoms with E-state index in [1.54, 1.807) is 25.1 Å². The summed E-state index contributed by atoms with van der Waals surface area (Å²) in [7, 11) is 0. The predicted molar refractivity (Wildman–Crippen MR) is 74.9 cm³/mol. The number of benzene rings is 1. The highest BCUT2D eigenvalue weighted by Gasteiger charge is 2.18. The minimum atomic E-state index is -0.0603. The first-order chi connectivity index (χ1) is 8.40. The summed E-state index contributed by atoms with van der Waals surface area (Å²) in [6.07, 6.45) is 0. The van der Waals surface area contributed by atoms with Crippen LogP contribution in [0.1, 0.15) is 33.0 Å². The topological polar surface area (TPSA) is 56.2 Å². The molecule has 0 unspecified atom stereocenters. The van der Waals surface area contributed by atoms with E-state index in [0.717, 1.165) is 15.8 Å². The maximum absolute atomic E-state index is 12.5. The van der Waals surface area contributed by atoms with Gasteiger partial charge in [0.25, 0.3) is 0 Å². The van der Waals surface area contributed by atoms with Crippen LogP contribution in [-0.2, 0) is 0 Å². The fourth-order valence-electron chi connectivity index (χ4n) is 1.94. The molecule has 0 aliphatic rings. The smallest absolute Gasteiger partial charge is 0.196 e. The number of nitrogen functional groups attached to an aromatic ring is 1. The van der Waals surface area contributed by atoms with Crippen molar-refractivity contribution >= 4 is 27.4 Å². The van der Waals surface area contributed by atoms with Crippen molar-refractivity contribution in [1.82, 2.24) is 0 Å². The van der Waals surface area contributed by atoms with E-state index in [9.17, 15) is 4.79 Å². The zero-order chi connectivity index (χ0) is 13.4. The molecular weight excluding hydrogens is 294 g/mol. The Morgan fingerprint density at radius 3 is 2.39 bits per heavy atom. The third-order valence-electron chi connectivity index (χ3n) is 2.94. The van der Waals surface area contributed by atoms with E-state index in [2.05, 4.69) is 15.9 Å². The number of carbonyl (C=O) groups excluding carboxylic acids is 1. The molecule has 1 aromatic heterocycles. The summed E-state index contributed by atoms with van der Waals surface area (Å²) in [4.78, 5) is 12.5. The molecule has 0 atom stereocenters. The first kappa shape index (κ1) is 12.9. The Balaban J connectivity index is 2.56. The molecule has 0 fully saturated rings. The lowest BCUT2D eigenvalue weighted by molar-refractivity contribution is 0.103. The molecule has 3 nitrogen and oxygen atoms in total. The van der Waals surface area contributed by atoms with Gasteiger partial charge >= 0.3 is 0 Å². The number of hydrogen-bond donors (Lipinski definition) is 1. The Bertz CT molecular complexity index is 629. The predicted octanol–water partition coefficient (Wildman–Crippen LogP) is 3.78. The second-order valence-electron chi connectivity index (χ2n) is 4.32. The molecule has 0 aliphatic heterocycles. The van der Waals surface area contributed by atoms with Gasteiger partial charge in [-0.3, -0.25) is 4.79 Å². The molecule has 2 N–H and O–H groups in total. The Hall–Kier alpha value is -1.55. The van der Waals surface area contributed by atoms with E-state index in [0.29, 0.717) is 22.6 Å². The Kier molecular flexibility index (Phi) is 3.30. The Morgan fingerprint density at radius 1 is 1.17 bits per heavy atom. The number of aryl methyl sites for hydroxylation is 2. The zero-order valence-corrected chi connectivity index (χ0v) is 12.1. The quantitative estimate of drug-likeness (QED) is 0.678. The summed E-state index contributed by atoms with van der Waals surface area (Å²) in [6.45, 7) is 5.46. The lowest BCUT2D eigenvalue weighted by Gasteiger charge is -2.08. The number of halogens is 1. The maximum Gasteiger partial charge on any atom is 0.196 e. The molecule has 4 heteroatoms. The van der Waals surface area contributed by atoms with Gasteiger partial charge in [0.15, 0.2) is 5.78 Å². The van der Waals surface area contributed by atoms with Crippen molar-refractivity contribution in [2.75, 3.05) is 5.73 Å². The van der Waals surface area contributed by atoms with Crippen LogP contribution < -0.4 is 5.73 Å². The van der Waals surface area contributed by atoms with E-state index in [-0.39, 0.29) is 5.78 Å². The molecule has 2 aromatic rings. The average molecular weight is 308 g/mol. The van der Waals surface area contributed by atoms with Crippen molar-refractivity contribution < 1.29 is 9.21 Å². The Labute approximate surface area is 114 Å². The van der Waals surface area contributed by atoms with Gasteiger partial charge in [-0.25, -0.2) is 0 Å². The molecule has 18 heavy (non-hydrogen) atoms. The summed E-state index contributed by atoms with van der Waals surface area (Å²) >= 11 is 3.36. The summed E-state index contributed by atoms with van der Waals surface area (Å²) in [5.74, 6) is 1.31. The van der Waals surface area contributed by atoms with Gasteiger partial charge < -0.3 is 10.2 Å². The van der Waals surface area contributed by atoms with Gasteiger partial charge in [-0.15, -0.1) is 0 Å². The van der Waals surface area contributed by atoms with Crippen LogP contribution in [0, 0.1) is 20.8 Å². The highest BCUT2D eigenvalue weighted by Crippen LogP contribution is 2.26. The number of nitrogens with two attached hydrogens (primary N) is 1. The van der Waals surface area contributed by atoms with Gasteiger partial charge in [0, 0.05) is 15.7 Å². The fraction of sp³-hybridized carbons (Fsp3) is 0.214. The second kappa shape index (κ2) is 4.61. The molecule has 0 aliphatic carbocycles. The van der Waals surface area contributed by atoms with Crippen molar-refractivity contribution in [3.8, 4) is 0 Å². The summed E-state index contributed by atoms with van der Waals surface area (Å²) in [6, 6.07) is 5.34. The second-order valence-corrected chi connectivity index (χ2v) is 5.24. The largest absolute Gasteiger partial charge is 0.466 e. The standard InChI is InChI=1S/C14H14BrNO2/c1-7-4-12(9(3)18-7)14(17)11-5-10(15)6-13(16)8(11)2/h4-6H,16H2,1-3H3. The third-order valence-corrected chi connectivity index (χ3v) is 3.40. The third kappa shape index (κ3) is 2.20. The van der Waals surface area contributed by atoms with Crippen LogP contribution in [-0.4, -0.2) is 5.78 Å². The van der Waals surface area contributed by atoms with Gasteiger partial charge in [-0.05, 0) is 44.5 Å².